The number of aryl methyl sites for hydroxylation is 1. The molecule has 0 bridgehead atoms. The van der Waals surface area contributed by atoms with Gasteiger partial charge in [-0.15, -0.1) is 0 Å². The van der Waals surface area contributed by atoms with Gasteiger partial charge in [-0.05, 0) is 48.6 Å². The maximum atomic E-state index is 4.16. The van der Waals surface area contributed by atoms with Gasteiger partial charge in [0.05, 0.1) is 0 Å². The molecule has 0 aromatic carbocycles. The van der Waals surface area contributed by atoms with Crippen molar-refractivity contribution in [1.29, 1.82) is 0 Å². The first-order chi connectivity index (χ1) is 8.27. The maximum absolute atomic E-state index is 4.16. The highest BCUT2D eigenvalue weighted by molar-refractivity contribution is 5.49. The van der Waals surface area contributed by atoms with Crippen LogP contribution in [-0.2, 0) is 0 Å². The SMILES string of the molecule is Cc1cnccc1NC1CC(C)(C)CC(C)(C)C1. The number of hydrogen-bond acceptors (Lipinski definition) is 2. The number of anilines is 1. The first kappa shape index (κ1) is 13.4. The third kappa shape index (κ3) is 3.24. The fourth-order valence-corrected chi connectivity index (χ4v) is 3.80. The summed E-state index contributed by atoms with van der Waals surface area (Å²) >= 11 is 0. The van der Waals surface area contributed by atoms with Gasteiger partial charge in [0.25, 0.3) is 0 Å². The Kier molecular flexibility index (Phi) is 3.39. The van der Waals surface area contributed by atoms with Crippen molar-refractivity contribution < 1.29 is 0 Å². The lowest BCUT2D eigenvalue weighted by Gasteiger charge is -2.45. The molecule has 0 unspecified atom stereocenters. The summed E-state index contributed by atoms with van der Waals surface area (Å²) in [5, 5.41) is 3.72. The summed E-state index contributed by atoms with van der Waals surface area (Å²) in [4.78, 5) is 4.16. The van der Waals surface area contributed by atoms with Crippen LogP contribution in [0.15, 0.2) is 18.5 Å². The zero-order valence-corrected chi connectivity index (χ0v) is 12.4. The minimum absolute atomic E-state index is 0.431. The van der Waals surface area contributed by atoms with Crippen LogP contribution in [0.25, 0.3) is 0 Å². The highest BCUT2D eigenvalue weighted by atomic mass is 14.9. The van der Waals surface area contributed by atoms with Crippen LogP contribution in [0.4, 0.5) is 5.69 Å². The molecule has 100 valence electrons. The molecule has 1 fully saturated rings. The van der Waals surface area contributed by atoms with Crippen LogP contribution in [0.5, 0.6) is 0 Å². The smallest absolute Gasteiger partial charge is 0.0402 e. The van der Waals surface area contributed by atoms with E-state index >= 15 is 0 Å². The molecule has 1 aliphatic carbocycles. The average molecular weight is 246 g/mol. The number of rotatable bonds is 2. The Morgan fingerprint density at radius 3 is 2.33 bits per heavy atom. The van der Waals surface area contributed by atoms with E-state index in [1.165, 1.54) is 30.5 Å². The van der Waals surface area contributed by atoms with E-state index in [4.69, 9.17) is 0 Å². The third-order valence-corrected chi connectivity index (χ3v) is 3.93. The van der Waals surface area contributed by atoms with Gasteiger partial charge in [-0.3, -0.25) is 4.98 Å². The summed E-state index contributed by atoms with van der Waals surface area (Å²) in [7, 11) is 0. The van der Waals surface area contributed by atoms with Gasteiger partial charge in [-0.25, -0.2) is 0 Å². The van der Waals surface area contributed by atoms with E-state index in [1.54, 1.807) is 0 Å². The van der Waals surface area contributed by atoms with Crippen LogP contribution >= 0.6 is 0 Å². The summed E-state index contributed by atoms with van der Waals surface area (Å²) in [6.07, 6.45) is 7.61. The Morgan fingerprint density at radius 2 is 1.78 bits per heavy atom. The van der Waals surface area contributed by atoms with E-state index in [9.17, 15) is 0 Å². The van der Waals surface area contributed by atoms with Gasteiger partial charge in [-0.1, -0.05) is 27.7 Å². The van der Waals surface area contributed by atoms with E-state index in [0.717, 1.165) is 0 Å². The predicted molar refractivity (Wildman–Crippen MR) is 77.8 cm³/mol. The summed E-state index contributed by atoms with van der Waals surface area (Å²) in [6, 6.07) is 2.66. The molecule has 1 N–H and O–H groups in total. The lowest BCUT2D eigenvalue weighted by molar-refractivity contribution is 0.105. The number of nitrogens with zero attached hydrogens (tertiary/aromatic N) is 1. The largest absolute Gasteiger partial charge is 0.382 e. The van der Waals surface area contributed by atoms with Crippen LogP contribution in [0.3, 0.4) is 0 Å². The second-order valence-electron chi connectivity index (χ2n) is 7.45. The zero-order chi connectivity index (χ0) is 13.4. The Bertz CT molecular complexity index is 405. The fourth-order valence-electron chi connectivity index (χ4n) is 3.80. The van der Waals surface area contributed by atoms with E-state index < -0.39 is 0 Å². The van der Waals surface area contributed by atoms with Gasteiger partial charge in [-0.2, -0.15) is 0 Å². The first-order valence-electron chi connectivity index (χ1n) is 6.95. The van der Waals surface area contributed by atoms with Gasteiger partial charge < -0.3 is 5.32 Å². The molecule has 2 nitrogen and oxygen atoms in total. The monoisotopic (exact) mass is 246 g/mol. The molecule has 0 spiro atoms. The standard InChI is InChI=1S/C16H26N2/c1-12-10-17-7-6-14(12)18-13-8-15(2,3)11-16(4,5)9-13/h6-7,10,13H,8-9,11H2,1-5H3,(H,17,18). The topological polar surface area (TPSA) is 24.9 Å². The molecule has 0 amide bonds. The molecule has 0 radical (unpaired) electrons. The Balaban J connectivity index is 2.12. The van der Waals surface area contributed by atoms with Crippen molar-refractivity contribution in [3.63, 3.8) is 0 Å². The minimum Gasteiger partial charge on any atom is -0.382 e. The fraction of sp³-hybridized carbons (Fsp3) is 0.688. The number of hydrogen-bond donors (Lipinski definition) is 1. The van der Waals surface area contributed by atoms with Gasteiger partial charge in [0, 0.05) is 24.1 Å². The molecule has 1 aromatic rings. The summed E-state index contributed by atoms with van der Waals surface area (Å²) in [5.74, 6) is 0. The molecule has 1 aliphatic rings. The number of nitrogens with one attached hydrogen (secondary N) is 1. The summed E-state index contributed by atoms with van der Waals surface area (Å²) < 4.78 is 0. The van der Waals surface area contributed by atoms with Crippen molar-refractivity contribution in [2.24, 2.45) is 10.8 Å². The third-order valence-electron chi connectivity index (χ3n) is 3.93. The quantitative estimate of drug-likeness (QED) is 0.836. The van der Waals surface area contributed by atoms with Crippen molar-refractivity contribution in [2.45, 2.75) is 59.9 Å². The van der Waals surface area contributed by atoms with E-state index in [-0.39, 0.29) is 0 Å². The molecule has 18 heavy (non-hydrogen) atoms. The first-order valence-corrected chi connectivity index (χ1v) is 6.95. The molecular formula is C16H26N2. The zero-order valence-electron chi connectivity index (χ0n) is 12.4. The van der Waals surface area contributed by atoms with Crippen molar-refractivity contribution in [3.05, 3.63) is 24.0 Å². The van der Waals surface area contributed by atoms with Gasteiger partial charge in [0.1, 0.15) is 0 Å². The van der Waals surface area contributed by atoms with Crippen molar-refractivity contribution >= 4 is 5.69 Å². The van der Waals surface area contributed by atoms with Crippen LogP contribution in [0, 0.1) is 17.8 Å². The lowest BCUT2D eigenvalue weighted by Crippen LogP contribution is -2.40. The van der Waals surface area contributed by atoms with Crippen molar-refractivity contribution in [2.75, 3.05) is 5.32 Å². The predicted octanol–water partition coefficient (Wildman–Crippen LogP) is 4.41. The Hall–Kier alpha value is -1.05. The molecule has 1 aromatic heterocycles. The number of pyridine rings is 1. The molecule has 1 heterocycles. The molecule has 0 aliphatic heterocycles. The molecule has 2 rings (SSSR count). The summed E-state index contributed by atoms with van der Waals surface area (Å²) in [6.45, 7) is 11.7. The minimum atomic E-state index is 0.431. The lowest BCUT2D eigenvalue weighted by atomic mass is 9.63. The van der Waals surface area contributed by atoms with Gasteiger partial charge in [0.2, 0.25) is 0 Å². The van der Waals surface area contributed by atoms with Gasteiger partial charge in [0.15, 0.2) is 0 Å². The molecule has 0 atom stereocenters. The number of aromatic nitrogens is 1. The van der Waals surface area contributed by atoms with E-state index in [0.29, 0.717) is 16.9 Å². The Labute approximate surface area is 111 Å². The van der Waals surface area contributed by atoms with Crippen LogP contribution in [0.1, 0.15) is 52.5 Å². The molecule has 2 heteroatoms. The van der Waals surface area contributed by atoms with Gasteiger partial charge >= 0.3 is 0 Å². The van der Waals surface area contributed by atoms with Crippen LogP contribution < -0.4 is 5.32 Å². The van der Waals surface area contributed by atoms with E-state index in [2.05, 4.69) is 51.0 Å². The van der Waals surface area contributed by atoms with Crippen molar-refractivity contribution in [3.8, 4) is 0 Å². The summed E-state index contributed by atoms with van der Waals surface area (Å²) in [5.41, 5.74) is 3.34. The molecule has 1 saturated carbocycles. The molecular weight excluding hydrogens is 220 g/mol. The molecule has 0 saturated heterocycles. The normalized spacial score (nSPS) is 22.7. The van der Waals surface area contributed by atoms with Crippen LogP contribution in [0.2, 0.25) is 0 Å². The highest BCUT2D eigenvalue weighted by Gasteiger charge is 2.38. The van der Waals surface area contributed by atoms with Crippen LogP contribution in [-0.4, -0.2) is 11.0 Å². The Morgan fingerprint density at radius 1 is 1.17 bits per heavy atom. The highest BCUT2D eigenvalue weighted by Crippen LogP contribution is 2.46. The second kappa shape index (κ2) is 4.56. The maximum Gasteiger partial charge on any atom is 0.0402 e. The van der Waals surface area contributed by atoms with E-state index in [1.807, 2.05) is 12.4 Å². The average Bonchev–Trinajstić information content (AvgIpc) is 2.16. The second-order valence-corrected chi connectivity index (χ2v) is 7.45. The van der Waals surface area contributed by atoms with Crippen molar-refractivity contribution in [1.82, 2.24) is 4.98 Å².